The van der Waals surface area contributed by atoms with Crippen LogP contribution in [0.3, 0.4) is 0 Å². The zero-order valence-electron chi connectivity index (χ0n) is 14.2. The highest BCUT2D eigenvalue weighted by molar-refractivity contribution is 7.11. The van der Waals surface area contributed by atoms with E-state index in [4.69, 9.17) is 4.74 Å². The standard InChI is InChI=1S/C17H27N3O2S/c1-13-15(19-14(2)23-13)16(21)18-12-17(6-10-22-11-7-17)20-8-4-3-5-9-20/h3-12H2,1-2H3,(H,18,21). The molecule has 0 radical (unpaired) electrons. The molecule has 1 aromatic heterocycles. The van der Waals surface area contributed by atoms with Crippen LogP contribution in [-0.2, 0) is 4.74 Å². The fourth-order valence-corrected chi connectivity index (χ4v) is 4.61. The predicted octanol–water partition coefficient (Wildman–Crippen LogP) is 2.52. The number of carbonyl (C=O) groups excluding carboxylic acids is 1. The summed E-state index contributed by atoms with van der Waals surface area (Å²) in [5, 5.41) is 4.12. The van der Waals surface area contributed by atoms with E-state index in [0.717, 1.165) is 49.0 Å². The largest absolute Gasteiger partial charge is 0.381 e. The highest BCUT2D eigenvalue weighted by Gasteiger charge is 2.39. The fraction of sp³-hybridized carbons (Fsp3) is 0.765. The van der Waals surface area contributed by atoms with Gasteiger partial charge in [0.25, 0.3) is 5.91 Å². The molecule has 2 saturated heterocycles. The molecule has 2 fully saturated rings. The molecular weight excluding hydrogens is 310 g/mol. The maximum absolute atomic E-state index is 12.5. The first-order chi connectivity index (χ1) is 11.1. The molecule has 1 amide bonds. The number of aryl methyl sites for hydroxylation is 2. The molecule has 0 aromatic carbocycles. The number of carbonyl (C=O) groups is 1. The molecule has 128 valence electrons. The van der Waals surface area contributed by atoms with Gasteiger partial charge < -0.3 is 10.1 Å². The number of rotatable bonds is 4. The van der Waals surface area contributed by atoms with Gasteiger partial charge in [-0.15, -0.1) is 11.3 Å². The second-order valence-corrected chi connectivity index (χ2v) is 8.11. The number of likely N-dealkylation sites (tertiary alicyclic amines) is 1. The van der Waals surface area contributed by atoms with Crippen molar-refractivity contribution in [3.8, 4) is 0 Å². The zero-order chi connectivity index (χ0) is 16.3. The molecule has 1 aromatic rings. The van der Waals surface area contributed by atoms with E-state index in [1.165, 1.54) is 19.3 Å². The molecule has 1 N–H and O–H groups in total. The van der Waals surface area contributed by atoms with Crippen LogP contribution in [0.15, 0.2) is 0 Å². The molecule has 0 aliphatic carbocycles. The lowest BCUT2D eigenvalue weighted by Gasteiger charge is -2.48. The summed E-state index contributed by atoms with van der Waals surface area (Å²) in [5.41, 5.74) is 0.654. The van der Waals surface area contributed by atoms with E-state index >= 15 is 0 Å². The first-order valence-corrected chi connectivity index (χ1v) is 9.47. The second-order valence-electron chi connectivity index (χ2n) is 6.70. The number of piperidine rings is 1. The van der Waals surface area contributed by atoms with Gasteiger partial charge >= 0.3 is 0 Å². The van der Waals surface area contributed by atoms with E-state index in [2.05, 4.69) is 15.2 Å². The van der Waals surface area contributed by atoms with Crippen LogP contribution in [0.25, 0.3) is 0 Å². The third-order valence-electron chi connectivity index (χ3n) is 5.15. The van der Waals surface area contributed by atoms with Crippen LogP contribution in [0.1, 0.15) is 52.5 Å². The minimum atomic E-state index is -0.0327. The van der Waals surface area contributed by atoms with Gasteiger partial charge in [-0.3, -0.25) is 9.69 Å². The molecule has 0 bridgehead atoms. The zero-order valence-corrected chi connectivity index (χ0v) is 15.0. The van der Waals surface area contributed by atoms with E-state index in [1.807, 2.05) is 13.8 Å². The Morgan fingerprint density at radius 3 is 2.57 bits per heavy atom. The Morgan fingerprint density at radius 2 is 1.96 bits per heavy atom. The first-order valence-electron chi connectivity index (χ1n) is 8.66. The van der Waals surface area contributed by atoms with Crippen LogP contribution in [-0.4, -0.2) is 54.2 Å². The molecule has 0 atom stereocenters. The van der Waals surface area contributed by atoms with Gasteiger partial charge in [-0.2, -0.15) is 0 Å². The van der Waals surface area contributed by atoms with Gasteiger partial charge in [0.1, 0.15) is 5.69 Å². The van der Waals surface area contributed by atoms with Crippen molar-refractivity contribution in [2.24, 2.45) is 0 Å². The lowest BCUT2D eigenvalue weighted by Crippen LogP contribution is -2.59. The molecule has 3 rings (SSSR count). The summed E-state index contributed by atoms with van der Waals surface area (Å²) in [5.74, 6) is -0.0327. The molecule has 0 spiro atoms. The Balaban J connectivity index is 1.68. The number of nitrogens with zero attached hydrogens (tertiary/aromatic N) is 2. The van der Waals surface area contributed by atoms with E-state index in [9.17, 15) is 4.79 Å². The number of ether oxygens (including phenoxy) is 1. The van der Waals surface area contributed by atoms with Crippen molar-refractivity contribution in [3.05, 3.63) is 15.6 Å². The van der Waals surface area contributed by atoms with Gasteiger partial charge in [0.05, 0.1) is 5.01 Å². The van der Waals surface area contributed by atoms with Crippen LogP contribution < -0.4 is 5.32 Å². The summed E-state index contributed by atoms with van der Waals surface area (Å²) < 4.78 is 5.58. The molecule has 0 unspecified atom stereocenters. The van der Waals surface area contributed by atoms with Gasteiger partial charge in [0.2, 0.25) is 0 Å². The average molecular weight is 337 g/mol. The molecule has 6 heteroatoms. The maximum Gasteiger partial charge on any atom is 0.271 e. The Bertz CT molecular complexity index is 546. The second kappa shape index (κ2) is 7.28. The van der Waals surface area contributed by atoms with E-state index in [0.29, 0.717) is 12.2 Å². The van der Waals surface area contributed by atoms with Crippen molar-refractivity contribution in [1.29, 1.82) is 0 Å². The Morgan fingerprint density at radius 1 is 1.26 bits per heavy atom. The van der Waals surface area contributed by atoms with Gasteiger partial charge in [0.15, 0.2) is 0 Å². The van der Waals surface area contributed by atoms with Gasteiger partial charge in [0, 0.05) is 30.2 Å². The van der Waals surface area contributed by atoms with Crippen molar-refractivity contribution in [2.75, 3.05) is 32.8 Å². The third kappa shape index (κ3) is 3.75. The van der Waals surface area contributed by atoms with Gasteiger partial charge in [-0.05, 0) is 52.6 Å². The van der Waals surface area contributed by atoms with Gasteiger partial charge in [-0.25, -0.2) is 4.98 Å². The van der Waals surface area contributed by atoms with E-state index < -0.39 is 0 Å². The first kappa shape index (κ1) is 16.9. The number of nitrogens with one attached hydrogen (secondary N) is 1. The van der Waals surface area contributed by atoms with Crippen LogP contribution in [0.5, 0.6) is 0 Å². The summed E-state index contributed by atoms with van der Waals surface area (Å²) in [7, 11) is 0. The summed E-state index contributed by atoms with van der Waals surface area (Å²) in [4.78, 5) is 20.5. The maximum atomic E-state index is 12.5. The molecule has 2 aliphatic heterocycles. The summed E-state index contributed by atoms with van der Waals surface area (Å²) >= 11 is 1.58. The SMILES string of the molecule is Cc1nc(C(=O)NCC2(N3CCCCC3)CCOCC2)c(C)s1. The number of amides is 1. The lowest BCUT2D eigenvalue weighted by atomic mass is 9.86. The Labute approximate surface area is 142 Å². The number of hydrogen-bond acceptors (Lipinski definition) is 5. The number of hydrogen-bond donors (Lipinski definition) is 1. The quantitative estimate of drug-likeness (QED) is 0.917. The van der Waals surface area contributed by atoms with E-state index in [-0.39, 0.29) is 11.4 Å². The summed E-state index contributed by atoms with van der Waals surface area (Å²) in [6, 6.07) is 0. The third-order valence-corrected chi connectivity index (χ3v) is 6.03. The minimum Gasteiger partial charge on any atom is -0.381 e. The predicted molar refractivity (Wildman–Crippen MR) is 92.1 cm³/mol. The average Bonchev–Trinajstić information content (AvgIpc) is 2.93. The lowest BCUT2D eigenvalue weighted by molar-refractivity contribution is -0.0349. The highest BCUT2D eigenvalue weighted by Crippen LogP contribution is 2.30. The molecule has 5 nitrogen and oxygen atoms in total. The fourth-order valence-electron chi connectivity index (χ4n) is 3.79. The summed E-state index contributed by atoms with van der Waals surface area (Å²) in [6.07, 6.45) is 5.86. The monoisotopic (exact) mass is 337 g/mol. The smallest absolute Gasteiger partial charge is 0.271 e. The highest BCUT2D eigenvalue weighted by atomic mass is 32.1. The molecule has 2 aliphatic rings. The topological polar surface area (TPSA) is 54.5 Å². The Kier molecular flexibility index (Phi) is 5.34. The van der Waals surface area contributed by atoms with Crippen LogP contribution in [0.4, 0.5) is 0 Å². The number of aromatic nitrogens is 1. The van der Waals surface area contributed by atoms with E-state index in [1.54, 1.807) is 11.3 Å². The normalized spacial score (nSPS) is 22.0. The molecule has 3 heterocycles. The molecule has 0 saturated carbocycles. The van der Waals surface area contributed by atoms with Gasteiger partial charge in [-0.1, -0.05) is 6.42 Å². The van der Waals surface area contributed by atoms with Crippen molar-refractivity contribution >= 4 is 17.2 Å². The van der Waals surface area contributed by atoms with Crippen LogP contribution >= 0.6 is 11.3 Å². The van der Waals surface area contributed by atoms with Crippen molar-refractivity contribution in [3.63, 3.8) is 0 Å². The molecular formula is C17H27N3O2S. The number of thiazole rings is 1. The minimum absolute atomic E-state index is 0.0327. The van der Waals surface area contributed by atoms with Crippen molar-refractivity contribution < 1.29 is 9.53 Å². The summed E-state index contributed by atoms with van der Waals surface area (Å²) in [6.45, 7) is 8.49. The Hall–Kier alpha value is -0.980. The van der Waals surface area contributed by atoms with Crippen LogP contribution in [0.2, 0.25) is 0 Å². The van der Waals surface area contributed by atoms with Crippen LogP contribution in [0, 0.1) is 13.8 Å². The van der Waals surface area contributed by atoms with Crippen molar-refractivity contribution in [1.82, 2.24) is 15.2 Å². The van der Waals surface area contributed by atoms with Crippen molar-refractivity contribution in [2.45, 2.75) is 51.5 Å². The molecule has 23 heavy (non-hydrogen) atoms.